The van der Waals surface area contributed by atoms with Crippen LogP contribution in [0, 0.1) is 0 Å². The quantitative estimate of drug-likeness (QED) is 0.379. The first kappa shape index (κ1) is 28.5. The number of benzene rings is 3. The van der Waals surface area contributed by atoms with E-state index in [1.165, 1.54) is 44.4 Å². The largest absolute Gasteiger partial charge is 0.497 e. The van der Waals surface area contributed by atoms with E-state index in [1.807, 2.05) is 30.3 Å². The molecule has 0 saturated carbocycles. The molecule has 0 aromatic heterocycles. The van der Waals surface area contributed by atoms with Crippen LogP contribution in [0.1, 0.15) is 12.5 Å². The highest BCUT2D eigenvalue weighted by Crippen LogP contribution is 2.35. The van der Waals surface area contributed by atoms with Gasteiger partial charge in [0.25, 0.3) is 10.0 Å². The van der Waals surface area contributed by atoms with E-state index >= 15 is 0 Å². The summed E-state index contributed by atoms with van der Waals surface area (Å²) in [5.41, 5.74) is 1.12. The van der Waals surface area contributed by atoms with Crippen molar-refractivity contribution in [3.05, 3.63) is 84.4 Å². The topological polar surface area (TPSA) is 105 Å². The fourth-order valence-electron chi connectivity index (χ4n) is 4.00. The number of anilines is 1. The Morgan fingerprint density at radius 1 is 0.921 bits per heavy atom. The maximum absolute atomic E-state index is 13.9. The number of nitrogens with one attached hydrogen (secondary N) is 1. The van der Waals surface area contributed by atoms with Crippen LogP contribution in [-0.2, 0) is 26.0 Å². The number of ether oxygens (including phenoxy) is 2. The van der Waals surface area contributed by atoms with Crippen molar-refractivity contribution in [2.75, 3.05) is 38.7 Å². The van der Waals surface area contributed by atoms with E-state index in [2.05, 4.69) is 5.32 Å². The van der Waals surface area contributed by atoms with Gasteiger partial charge in [0.15, 0.2) is 0 Å². The molecule has 38 heavy (non-hydrogen) atoms. The first-order valence-electron chi connectivity index (χ1n) is 12.1. The van der Waals surface area contributed by atoms with Crippen LogP contribution < -0.4 is 19.1 Å². The average Bonchev–Trinajstić information content (AvgIpc) is 2.95. The van der Waals surface area contributed by atoms with Gasteiger partial charge in [0.1, 0.15) is 24.1 Å². The molecule has 0 aliphatic rings. The summed E-state index contributed by atoms with van der Waals surface area (Å²) in [7, 11) is 0.161. The molecule has 1 atom stereocenters. The third kappa shape index (κ3) is 6.63. The summed E-state index contributed by atoms with van der Waals surface area (Å²) >= 11 is 0. The highest BCUT2D eigenvalue weighted by atomic mass is 32.2. The number of carbonyl (C=O) groups is 2. The smallest absolute Gasteiger partial charge is 0.264 e. The first-order chi connectivity index (χ1) is 18.2. The van der Waals surface area contributed by atoms with Crippen LogP contribution in [-0.4, -0.2) is 65.5 Å². The summed E-state index contributed by atoms with van der Waals surface area (Å²) in [4.78, 5) is 27.8. The Balaban J connectivity index is 2.05. The van der Waals surface area contributed by atoms with Crippen LogP contribution in [0.4, 0.5) is 5.69 Å². The summed E-state index contributed by atoms with van der Waals surface area (Å²) < 4.78 is 39.5. The van der Waals surface area contributed by atoms with Gasteiger partial charge < -0.3 is 19.7 Å². The Labute approximate surface area is 224 Å². The summed E-state index contributed by atoms with van der Waals surface area (Å²) in [5.74, 6) is -0.265. The van der Waals surface area contributed by atoms with Crippen LogP contribution in [0.15, 0.2) is 83.8 Å². The van der Waals surface area contributed by atoms with Crippen molar-refractivity contribution >= 4 is 27.5 Å². The van der Waals surface area contributed by atoms with Crippen molar-refractivity contribution in [3.63, 3.8) is 0 Å². The summed E-state index contributed by atoms with van der Waals surface area (Å²) in [6.07, 6.45) is 0.488. The van der Waals surface area contributed by atoms with E-state index in [1.54, 1.807) is 37.3 Å². The molecule has 0 spiro atoms. The van der Waals surface area contributed by atoms with Crippen LogP contribution in [0.25, 0.3) is 0 Å². The summed E-state index contributed by atoms with van der Waals surface area (Å²) in [5, 5.41) is 2.57. The first-order valence-corrected chi connectivity index (χ1v) is 13.5. The number of methoxy groups -OCH3 is 2. The van der Waals surface area contributed by atoms with Crippen LogP contribution >= 0.6 is 0 Å². The maximum Gasteiger partial charge on any atom is 0.264 e. The number of carbonyl (C=O) groups excluding carboxylic acids is 2. The second-order valence-electron chi connectivity index (χ2n) is 8.48. The molecule has 0 aliphatic carbocycles. The number of likely N-dealkylation sites (N-methyl/N-ethyl adjacent to an activating group) is 1. The van der Waals surface area contributed by atoms with Gasteiger partial charge >= 0.3 is 0 Å². The van der Waals surface area contributed by atoms with Gasteiger partial charge in [0.2, 0.25) is 11.8 Å². The van der Waals surface area contributed by atoms with E-state index in [4.69, 9.17) is 9.47 Å². The Morgan fingerprint density at radius 3 is 2.13 bits per heavy atom. The molecule has 0 fully saturated rings. The van der Waals surface area contributed by atoms with Crippen LogP contribution in [0.3, 0.4) is 0 Å². The number of nitrogens with zero attached hydrogens (tertiary/aromatic N) is 2. The third-order valence-electron chi connectivity index (χ3n) is 6.16. The van der Waals surface area contributed by atoms with E-state index in [-0.39, 0.29) is 28.8 Å². The molecular formula is C28H33N3O6S. The molecule has 10 heteroatoms. The predicted octanol–water partition coefficient (Wildman–Crippen LogP) is 3.10. The Kier molecular flexibility index (Phi) is 9.72. The predicted molar refractivity (Wildman–Crippen MR) is 146 cm³/mol. The van der Waals surface area contributed by atoms with E-state index in [9.17, 15) is 18.0 Å². The molecule has 0 unspecified atom stereocenters. The molecule has 0 saturated heterocycles. The highest BCUT2D eigenvalue weighted by molar-refractivity contribution is 7.92. The SMILES string of the molecule is CNC(=O)[C@@H](C)N(CCc1ccccc1)C(=O)CN(c1cc(OC)ccc1OC)S(=O)(=O)c1ccccc1. The maximum atomic E-state index is 13.9. The molecule has 0 bridgehead atoms. The minimum atomic E-state index is -4.21. The summed E-state index contributed by atoms with van der Waals surface area (Å²) in [6, 6.07) is 21.3. The van der Waals surface area contributed by atoms with Crippen LogP contribution in [0.2, 0.25) is 0 Å². The molecule has 9 nitrogen and oxygen atoms in total. The van der Waals surface area contributed by atoms with Crippen molar-refractivity contribution in [2.45, 2.75) is 24.3 Å². The number of hydrogen-bond donors (Lipinski definition) is 1. The minimum Gasteiger partial charge on any atom is -0.497 e. The molecule has 3 aromatic rings. The lowest BCUT2D eigenvalue weighted by Gasteiger charge is -2.32. The molecule has 3 aromatic carbocycles. The average molecular weight is 540 g/mol. The normalized spacial score (nSPS) is 11.8. The van der Waals surface area contributed by atoms with Gasteiger partial charge in [-0.05, 0) is 43.2 Å². The van der Waals surface area contributed by atoms with Crippen molar-refractivity contribution in [2.24, 2.45) is 0 Å². The number of amides is 2. The van der Waals surface area contributed by atoms with Gasteiger partial charge in [-0.15, -0.1) is 0 Å². The highest BCUT2D eigenvalue weighted by Gasteiger charge is 2.33. The van der Waals surface area contributed by atoms with Crippen molar-refractivity contribution in [1.82, 2.24) is 10.2 Å². The van der Waals surface area contributed by atoms with E-state index in [0.29, 0.717) is 12.2 Å². The molecule has 202 valence electrons. The van der Waals surface area contributed by atoms with Crippen molar-refractivity contribution in [3.8, 4) is 11.5 Å². The lowest BCUT2D eigenvalue weighted by molar-refractivity contribution is -0.138. The van der Waals surface area contributed by atoms with Crippen LogP contribution in [0.5, 0.6) is 11.5 Å². The molecule has 2 amide bonds. The minimum absolute atomic E-state index is 0.00728. The second-order valence-corrected chi connectivity index (χ2v) is 10.3. The van der Waals surface area contributed by atoms with Gasteiger partial charge in [-0.2, -0.15) is 0 Å². The van der Waals surface area contributed by atoms with E-state index < -0.39 is 28.5 Å². The number of sulfonamides is 1. The fraction of sp³-hybridized carbons (Fsp3) is 0.286. The number of rotatable bonds is 12. The third-order valence-corrected chi connectivity index (χ3v) is 7.94. The Bertz CT molecular complexity index is 1330. The van der Waals surface area contributed by atoms with Gasteiger partial charge in [0, 0.05) is 19.7 Å². The molecule has 0 aliphatic heterocycles. The fourth-order valence-corrected chi connectivity index (χ4v) is 5.44. The molecule has 1 N–H and O–H groups in total. The Hall–Kier alpha value is -4.05. The van der Waals surface area contributed by atoms with Gasteiger partial charge in [-0.1, -0.05) is 48.5 Å². The van der Waals surface area contributed by atoms with Crippen molar-refractivity contribution in [1.29, 1.82) is 0 Å². The van der Waals surface area contributed by atoms with Crippen molar-refractivity contribution < 1.29 is 27.5 Å². The zero-order valence-electron chi connectivity index (χ0n) is 22.0. The lowest BCUT2D eigenvalue weighted by atomic mass is 10.1. The van der Waals surface area contributed by atoms with Gasteiger partial charge in [0.05, 0.1) is 24.8 Å². The van der Waals surface area contributed by atoms with E-state index in [0.717, 1.165) is 9.87 Å². The zero-order chi connectivity index (χ0) is 27.7. The Morgan fingerprint density at radius 2 is 1.55 bits per heavy atom. The monoisotopic (exact) mass is 539 g/mol. The zero-order valence-corrected chi connectivity index (χ0v) is 22.8. The molecular weight excluding hydrogens is 506 g/mol. The lowest BCUT2D eigenvalue weighted by Crippen LogP contribution is -2.51. The number of hydrogen-bond acceptors (Lipinski definition) is 6. The second kappa shape index (κ2) is 13.0. The van der Waals surface area contributed by atoms with Gasteiger partial charge in [-0.25, -0.2) is 8.42 Å². The molecule has 0 radical (unpaired) electrons. The standard InChI is InChI=1S/C28H33N3O6S/c1-21(28(33)29-2)30(18-17-22-11-7-5-8-12-22)27(32)20-31(38(34,35)24-13-9-6-10-14-24)25-19-23(36-3)15-16-26(25)37-4/h5-16,19,21H,17-18,20H2,1-4H3,(H,29,33)/t21-/m1/s1. The molecule has 3 rings (SSSR count). The summed E-state index contributed by atoms with van der Waals surface area (Å²) in [6.45, 7) is 1.27. The van der Waals surface area contributed by atoms with Gasteiger partial charge in [-0.3, -0.25) is 13.9 Å². The molecule has 0 heterocycles.